The first-order valence-electron chi connectivity index (χ1n) is 6.74. The van der Waals surface area contributed by atoms with E-state index < -0.39 is 6.10 Å². The molecule has 0 aromatic carbocycles. The largest absolute Gasteiger partial charge is 0.463 e. The third-order valence-electron chi connectivity index (χ3n) is 3.35. The molecule has 0 saturated carbocycles. The van der Waals surface area contributed by atoms with Crippen molar-refractivity contribution >= 4 is 5.97 Å². The van der Waals surface area contributed by atoms with E-state index in [1.54, 1.807) is 0 Å². The van der Waals surface area contributed by atoms with Gasteiger partial charge in [0.15, 0.2) is 0 Å². The van der Waals surface area contributed by atoms with Crippen LogP contribution < -0.4 is 0 Å². The Hall–Kier alpha value is -0.830. The van der Waals surface area contributed by atoms with Crippen molar-refractivity contribution in [1.29, 1.82) is 0 Å². The minimum atomic E-state index is -0.429. The molecule has 0 heterocycles. The van der Waals surface area contributed by atoms with Crippen LogP contribution in [0.3, 0.4) is 0 Å². The van der Waals surface area contributed by atoms with Gasteiger partial charge < -0.3 is 9.84 Å². The minimum Gasteiger partial charge on any atom is -0.463 e. The van der Waals surface area contributed by atoms with Gasteiger partial charge in [0, 0.05) is 6.92 Å². The molecule has 0 fully saturated rings. The molecule has 3 nitrogen and oxygen atoms in total. The Bertz CT molecular complexity index is 271. The Morgan fingerprint density at radius 2 is 1.78 bits per heavy atom. The normalized spacial score (nSPS) is 16.2. The second-order valence-corrected chi connectivity index (χ2v) is 5.60. The van der Waals surface area contributed by atoms with Crippen molar-refractivity contribution in [3.05, 3.63) is 12.2 Å². The van der Waals surface area contributed by atoms with Gasteiger partial charge in [0.1, 0.15) is 0 Å². The Morgan fingerprint density at radius 3 is 2.17 bits per heavy atom. The lowest BCUT2D eigenvalue weighted by Crippen LogP contribution is -2.21. The lowest BCUT2D eigenvalue weighted by molar-refractivity contribution is -0.145. The van der Waals surface area contributed by atoms with Crippen LogP contribution in [0.5, 0.6) is 0 Å². The number of aliphatic hydroxyl groups excluding tert-OH is 1. The van der Waals surface area contributed by atoms with Crippen LogP contribution in [0.1, 0.15) is 53.9 Å². The van der Waals surface area contributed by atoms with Gasteiger partial charge in [-0.05, 0) is 44.9 Å². The summed E-state index contributed by atoms with van der Waals surface area (Å²) < 4.78 is 5.11. The summed E-state index contributed by atoms with van der Waals surface area (Å²) in [5, 5.41) is 9.87. The van der Waals surface area contributed by atoms with Crippen molar-refractivity contribution in [2.45, 2.75) is 66.1 Å². The molecule has 0 aromatic rings. The highest BCUT2D eigenvalue weighted by Crippen LogP contribution is 2.25. The molecule has 0 spiro atoms. The van der Waals surface area contributed by atoms with Gasteiger partial charge in [0.2, 0.25) is 0 Å². The Kier molecular flexibility index (Phi) is 7.92. The van der Waals surface area contributed by atoms with E-state index >= 15 is 0 Å². The molecule has 3 unspecified atom stereocenters. The van der Waals surface area contributed by atoms with Crippen LogP contribution in [0.2, 0.25) is 0 Å². The predicted octanol–water partition coefficient (Wildman–Crippen LogP) is 3.32. The molecule has 0 bridgehead atoms. The molecule has 18 heavy (non-hydrogen) atoms. The highest BCUT2D eigenvalue weighted by Gasteiger charge is 2.19. The fourth-order valence-corrected chi connectivity index (χ4v) is 2.00. The monoisotopic (exact) mass is 256 g/mol. The van der Waals surface area contributed by atoms with Crippen LogP contribution in [0.25, 0.3) is 0 Å². The molecule has 0 radical (unpaired) electrons. The number of hydrogen-bond acceptors (Lipinski definition) is 3. The Balaban J connectivity index is 4.20. The molecular weight excluding hydrogens is 228 g/mol. The number of rotatable bonds is 8. The second kappa shape index (κ2) is 8.30. The lowest BCUT2D eigenvalue weighted by atomic mass is 9.84. The molecule has 3 heteroatoms. The molecule has 3 atom stereocenters. The molecule has 106 valence electrons. The SMILES string of the molecule is C=C(C)C(O)CC(CCC(C)OC(C)=O)C(C)C. The summed E-state index contributed by atoms with van der Waals surface area (Å²) in [6.07, 6.45) is 2.05. The van der Waals surface area contributed by atoms with E-state index in [0.29, 0.717) is 11.8 Å². The molecule has 1 N–H and O–H groups in total. The van der Waals surface area contributed by atoms with E-state index in [-0.39, 0.29) is 12.1 Å². The topological polar surface area (TPSA) is 46.5 Å². The number of ether oxygens (including phenoxy) is 1. The van der Waals surface area contributed by atoms with E-state index in [1.165, 1.54) is 6.92 Å². The number of hydrogen-bond donors (Lipinski definition) is 1. The maximum Gasteiger partial charge on any atom is 0.302 e. The van der Waals surface area contributed by atoms with Crippen LogP contribution in [0, 0.1) is 11.8 Å². The summed E-state index contributed by atoms with van der Waals surface area (Å²) in [6, 6.07) is 0. The summed E-state index contributed by atoms with van der Waals surface area (Å²) in [7, 11) is 0. The standard InChI is InChI=1S/C15H28O3/c1-10(2)14(9-15(17)11(3)4)8-7-12(5)18-13(6)16/h10,12,14-15,17H,3,7-9H2,1-2,4-6H3. The van der Waals surface area contributed by atoms with Crippen molar-refractivity contribution in [2.75, 3.05) is 0 Å². The van der Waals surface area contributed by atoms with Crippen LogP contribution in [-0.4, -0.2) is 23.3 Å². The quantitative estimate of drug-likeness (QED) is 0.535. The van der Waals surface area contributed by atoms with E-state index in [4.69, 9.17) is 4.74 Å². The highest BCUT2D eigenvalue weighted by molar-refractivity contribution is 5.66. The van der Waals surface area contributed by atoms with Gasteiger partial charge in [-0.15, -0.1) is 0 Å². The van der Waals surface area contributed by atoms with Gasteiger partial charge in [-0.3, -0.25) is 4.79 Å². The number of carbonyl (C=O) groups excluding carboxylic acids is 1. The second-order valence-electron chi connectivity index (χ2n) is 5.60. The van der Waals surface area contributed by atoms with E-state index in [0.717, 1.165) is 24.8 Å². The van der Waals surface area contributed by atoms with Crippen molar-refractivity contribution in [2.24, 2.45) is 11.8 Å². The third kappa shape index (κ3) is 7.49. The highest BCUT2D eigenvalue weighted by atomic mass is 16.5. The van der Waals surface area contributed by atoms with Gasteiger partial charge in [-0.2, -0.15) is 0 Å². The van der Waals surface area contributed by atoms with Crippen molar-refractivity contribution in [1.82, 2.24) is 0 Å². The zero-order valence-corrected chi connectivity index (χ0v) is 12.4. The van der Waals surface area contributed by atoms with Crippen LogP contribution in [-0.2, 0) is 9.53 Å². The number of carbonyl (C=O) groups is 1. The third-order valence-corrected chi connectivity index (χ3v) is 3.35. The summed E-state index contributed by atoms with van der Waals surface area (Å²) in [6.45, 7) is 13.3. The van der Waals surface area contributed by atoms with Crippen molar-refractivity contribution in [3.8, 4) is 0 Å². The number of aliphatic hydroxyl groups is 1. The van der Waals surface area contributed by atoms with Gasteiger partial charge in [-0.1, -0.05) is 26.0 Å². The molecule has 0 aliphatic carbocycles. The molecule has 0 aliphatic rings. The van der Waals surface area contributed by atoms with Crippen molar-refractivity contribution in [3.63, 3.8) is 0 Å². The Morgan fingerprint density at radius 1 is 1.22 bits per heavy atom. The zero-order chi connectivity index (χ0) is 14.3. The summed E-state index contributed by atoms with van der Waals surface area (Å²) >= 11 is 0. The fourth-order valence-electron chi connectivity index (χ4n) is 2.00. The minimum absolute atomic E-state index is 0.0503. The molecular formula is C15H28O3. The summed E-state index contributed by atoms with van der Waals surface area (Å²) in [5.74, 6) is 0.698. The van der Waals surface area contributed by atoms with Crippen LogP contribution in [0.15, 0.2) is 12.2 Å². The molecule has 0 rings (SSSR count). The predicted molar refractivity (Wildman–Crippen MR) is 74.2 cm³/mol. The molecule has 0 aromatic heterocycles. The van der Waals surface area contributed by atoms with Gasteiger partial charge in [0.05, 0.1) is 12.2 Å². The number of esters is 1. The van der Waals surface area contributed by atoms with E-state index in [2.05, 4.69) is 20.4 Å². The van der Waals surface area contributed by atoms with Crippen LogP contribution >= 0.6 is 0 Å². The zero-order valence-electron chi connectivity index (χ0n) is 12.4. The maximum atomic E-state index is 10.8. The first-order valence-corrected chi connectivity index (χ1v) is 6.74. The first-order chi connectivity index (χ1) is 8.23. The van der Waals surface area contributed by atoms with E-state index in [1.807, 2.05) is 13.8 Å². The molecule has 0 aliphatic heterocycles. The van der Waals surface area contributed by atoms with Crippen LogP contribution in [0.4, 0.5) is 0 Å². The molecule has 0 amide bonds. The smallest absolute Gasteiger partial charge is 0.302 e. The van der Waals surface area contributed by atoms with Gasteiger partial charge in [-0.25, -0.2) is 0 Å². The summed E-state index contributed by atoms with van der Waals surface area (Å²) in [5.41, 5.74) is 0.814. The van der Waals surface area contributed by atoms with Crippen molar-refractivity contribution < 1.29 is 14.6 Å². The average Bonchev–Trinajstić information content (AvgIpc) is 2.21. The van der Waals surface area contributed by atoms with Gasteiger partial charge in [0.25, 0.3) is 0 Å². The van der Waals surface area contributed by atoms with Gasteiger partial charge >= 0.3 is 5.97 Å². The summed E-state index contributed by atoms with van der Waals surface area (Å²) in [4.78, 5) is 10.8. The maximum absolute atomic E-state index is 10.8. The fraction of sp³-hybridized carbons (Fsp3) is 0.800. The van der Waals surface area contributed by atoms with E-state index in [9.17, 15) is 9.90 Å². The lowest BCUT2D eigenvalue weighted by Gasteiger charge is -2.25. The average molecular weight is 256 g/mol. The Labute approximate surface area is 111 Å². The molecule has 0 saturated heterocycles. The first kappa shape index (κ1) is 17.2.